The summed E-state index contributed by atoms with van der Waals surface area (Å²) >= 11 is 1.50. The summed E-state index contributed by atoms with van der Waals surface area (Å²) < 4.78 is 0. The van der Waals surface area contributed by atoms with E-state index in [1.165, 1.54) is 11.3 Å². The molecule has 1 radical (unpaired) electrons. The molecule has 1 rings (SSSR count). The Bertz CT molecular complexity index is 111. The number of hydrogen-bond acceptors (Lipinski definition) is 2. The maximum atomic E-state index is 5.27. The zero-order valence-electron chi connectivity index (χ0n) is 3.14. The normalized spacial score (nSPS) is 8.67. The van der Waals surface area contributed by atoms with Gasteiger partial charge in [0.05, 0.1) is 5.00 Å². The Kier molecular flexibility index (Phi) is 0.801. The third-order valence-corrected chi connectivity index (χ3v) is 1.13. The molecule has 2 heteroatoms. The van der Waals surface area contributed by atoms with Gasteiger partial charge in [-0.05, 0) is 12.1 Å². The van der Waals surface area contributed by atoms with Gasteiger partial charge in [0.25, 0.3) is 0 Å². The molecule has 0 aliphatic heterocycles. The van der Waals surface area contributed by atoms with E-state index in [4.69, 9.17) is 5.73 Å². The van der Waals surface area contributed by atoms with Crippen LogP contribution < -0.4 is 5.73 Å². The molecule has 0 fully saturated rings. The maximum absolute atomic E-state index is 5.27. The quantitative estimate of drug-likeness (QED) is 0.517. The summed E-state index contributed by atoms with van der Waals surface area (Å²) in [7, 11) is 0. The number of hydrogen-bond donors (Lipinski definition) is 1. The van der Waals surface area contributed by atoms with Crippen molar-refractivity contribution in [2.24, 2.45) is 0 Å². The molecular formula is C4H4NS. The lowest BCUT2D eigenvalue weighted by Crippen LogP contribution is -1.72. The van der Waals surface area contributed by atoms with Crippen molar-refractivity contribution in [1.29, 1.82) is 0 Å². The predicted molar refractivity (Wildman–Crippen MR) is 27.6 cm³/mol. The Morgan fingerprint density at radius 2 is 2.67 bits per heavy atom. The van der Waals surface area contributed by atoms with E-state index >= 15 is 0 Å². The van der Waals surface area contributed by atoms with Crippen molar-refractivity contribution >= 4 is 16.3 Å². The van der Waals surface area contributed by atoms with E-state index < -0.39 is 0 Å². The Hall–Kier alpha value is -0.500. The topological polar surface area (TPSA) is 26.0 Å². The fraction of sp³-hybridized carbons (Fsp3) is 0. The summed E-state index contributed by atoms with van der Waals surface area (Å²) in [6, 6.07) is 4.58. The first kappa shape index (κ1) is 3.68. The number of thiophene rings is 1. The van der Waals surface area contributed by atoms with Crippen LogP contribution in [0.15, 0.2) is 11.4 Å². The first-order chi connectivity index (χ1) is 2.89. The van der Waals surface area contributed by atoms with Crippen molar-refractivity contribution in [3.8, 4) is 0 Å². The summed E-state index contributed by atoms with van der Waals surface area (Å²) in [4.78, 5) is 0. The van der Waals surface area contributed by atoms with E-state index in [0.717, 1.165) is 5.00 Å². The van der Waals surface area contributed by atoms with E-state index in [9.17, 15) is 0 Å². The third-order valence-electron chi connectivity index (χ3n) is 0.489. The van der Waals surface area contributed by atoms with Gasteiger partial charge in [-0.15, -0.1) is 11.3 Å². The first-order valence-electron chi connectivity index (χ1n) is 1.59. The van der Waals surface area contributed by atoms with Crippen LogP contribution in [0.25, 0.3) is 0 Å². The minimum absolute atomic E-state index is 0.829. The summed E-state index contributed by atoms with van der Waals surface area (Å²) in [6.07, 6.45) is 0. The van der Waals surface area contributed by atoms with Crippen LogP contribution in [0.1, 0.15) is 0 Å². The van der Waals surface area contributed by atoms with Crippen LogP contribution in [0, 0.1) is 6.07 Å². The molecule has 0 spiro atoms. The van der Waals surface area contributed by atoms with Crippen LogP contribution in [0.4, 0.5) is 5.00 Å². The minimum atomic E-state index is 0.829. The number of rotatable bonds is 0. The molecule has 0 aliphatic rings. The molecule has 0 saturated heterocycles. The number of nitrogens with two attached hydrogens (primary N) is 1. The average Bonchev–Trinajstić information content (AvgIpc) is 1.86. The lowest BCUT2D eigenvalue weighted by Gasteiger charge is -1.68. The van der Waals surface area contributed by atoms with Crippen molar-refractivity contribution in [2.45, 2.75) is 0 Å². The number of nitrogen functional groups attached to an aromatic ring is 1. The molecule has 2 N–H and O–H groups in total. The SMILES string of the molecule is Nc1c[c]cs1. The second-order valence-electron chi connectivity index (χ2n) is 0.949. The van der Waals surface area contributed by atoms with Crippen LogP contribution in [0.2, 0.25) is 0 Å². The molecule has 0 unspecified atom stereocenters. The highest BCUT2D eigenvalue weighted by atomic mass is 32.1. The van der Waals surface area contributed by atoms with Gasteiger partial charge >= 0.3 is 0 Å². The summed E-state index contributed by atoms with van der Waals surface area (Å²) in [5.41, 5.74) is 5.27. The van der Waals surface area contributed by atoms with E-state index in [2.05, 4.69) is 6.07 Å². The summed E-state index contributed by atoms with van der Waals surface area (Å²) in [6.45, 7) is 0. The molecule has 6 heavy (non-hydrogen) atoms. The molecular weight excluding hydrogens is 94.1 g/mol. The fourth-order valence-corrected chi connectivity index (χ4v) is 0.660. The second-order valence-corrected chi connectivity index (χ2v) is 1.89. The Labute approximate surface area is 40.4 Å². The molecule has 1 aromatic rings. The lowest BCUT2D eigenvalue weighted by atomic mass is 10.6. The van der Waals surface area contributed by atoms with E-state index in [1.54, 1.807) is 6.07 Å². The zero-order chi connectivity index (χ0) is 4.41. The van der Waals surface area contributed by atoms with Gasteiger partial charge in [0.15, 0.2) is 0 Å². The maximum Gasteiger partial charge on any atom is 0.0862 e. The van der Waals surface area contributed by atoms with E-state index in [0.29, 0.717) is 0 Å². The lowest BCUT2D eigenvalue weighted by molar-refractivity contribution is 1.92. The molecule has 1 nitrogen and oxygen atoms in total. The predicted octanol–water partition coefficient (Wildman–Crippen LogP) is 1.13. The van der Waals surface area contributed by atoms with Crippen molar-refractivity contribution in [3.63, 3.8) is 0 Å². The monoisotopic (exact) mass is 98.0 g/mol. The van der Waals surface area contributed by atoms with Gasteiger partial charge in [0.1, 0.15) is 0 Å². The minimum Gasteiger partial charge on any atom is -0.391 e. The molecule has 0 aromatic carbocycles. The van der Waals surface area contributed by atoms with Gasteiger partial charge in [-0.2, -0.15) is 0 Å². The Morgan fingerprint density at radius 1 is 1.83 bits per heavy atom. The van der Waals surface area contributed by atoms with Crippen LogP contribution in [0.5, 0.6) is 0 Å². The van der Waals surface area contributed by atoms with E-state index in [-0.39, 0.29) is 0 Å². The van der Waals surface area contributed by atoms with Crippen LogP contribution >= 0.6 is 11.3 Å². The molecule has 0 bridgehead atoms. The van der Waals surface area contributed by atoms with Crippen LogP contribution in [-0.4, -0.2) is 0 Å². The smallest absolute Gasteiger partial charge is 0.0862 e. The molecule has 0 amide bonds. The Balaban J connectivity index is 3.05. The summed E-state index contributed by atoms with van der Waals surface area (Å²) in [5.74, 6) is 0. The Morgan fingerprint density at radius 3 is 2.83 bits per heavy atom. The van der Waals surface area contributed by atoms with Gasteiger partial charge in [0, 0.05) is 5.38 Å². The van der Waals surface area contributed by atoms with Crippen molar-refractivity contribution in [1.82, 2.24) is 0 Å². The highest BCUT2D eigenvalue weighted by molar-refractivity contribution is 7.13. The van der Waals surface area contributed by atoms with Gasteiger partial charge in [-0.3, -0.25) is 0 Å². The van der Waals surface area contributed by atoms with Crippen molar-refractivity contribution in [3.05, 3.63) is 17.5 Å². The van der Waals surface area contributed by atoms with Crippen LogP contribution in [0.3, 0.4) is 0 Å². The molecule has 0 aliphatic carbocycles. The zero-order valence-corrected chi connectivity index (χ0v) is 3.96. The second kappa shape index (κ2) is 1.30. The first-order valence-corrected chi connectivity index (χ1v) is 2.47. The number of anilines is 1. The van der Waals surface area contributed by atoms with Gasteiger partial charge < -0.3 is 5.73 Å². The standard InChI is InChI=1S/C4H4NS/c5-4-2-1-3-6-4/h2-3H,5H2. The van der Waals surface area contributed by atoms with Crippen molar-refractivity contribution in [2.75, 3.05) is 5.73 Å². The molecule has 0 saturated carbocycles. The molecule has 31 valence electrons. The molecule has 0 atom stereocenters. The molecule has 1 aromatic heterocycles. The van der Waals surface area contributed by atoms with Gasteiger partial charge in [-0.25, -0.2) is 0 Å². The largest absolute Gasteiger partial charge is 0.391 e. The average molecular weight is 98.2 g/mol. The third kappa shape index (κ3) is 0.518. The van der Waals surface area contributed by atoms with Gasteiger partial charge in [0.2, 0.25) is 0 Å². The molecule has 1 heterocycles. The van der Waals surface area contributed by atoms with Gasteiger partial charge in [-0.1, -0.05) is 0 Å². The van der Waals surface area contributed by atoms with E-state index in [1.807, 2.05) is 5.38 Å². The summed E-state index contributed by atoms with van der Waals surface area (Å²) in [5, 5.41) is 2.66. The highest BCUT2D eigenvalue weighted by Gasteiger charge is 1.75. The van der Waals surface area contributed by atoms with Crippen LogP contribution in [-0.2, 0) is 0 Å². The fourth-order valence-electron chi connectivity index (χ4n) is 0.252. The highest BCUT2D eigenvalue weighted by Crippen LogP contribution is 2.07. The van der Waals surface area contributed by atoms with Crippen molar-refractivity contribution < 1.29 is 0 Å².